The Bertz CT molecular complexity index is 458. The molecule has 1 fully saturated rings. The fourth-order valence-electron chi connectivity index (χ4n) is 2.28. The van der Waals surface area contributed by atoms with E-state index < -0.39 is 5.92 Å². The van der Waals surface area contributed by atoms with Gasteiger partial charge in [0.25, 0.3) is 0 Å². The summed E-state index contributed by atoms with van der Waals surface area (Å²) in [5, 5.41) is 3.01. The third kappa shape index (κ3) is 4.49. The van der Waals surface area contributed by atoms with Gasteiger partial charge in [0.05, 0.1) is 10.9 Å². The highest BCUT2D eigenvalue weighted by Gasteiger charge is 2.23. The monoisotopic (exact) mass is 308 g/mol. The predicted octanol–water partition coefficient (Wildman–Crippen LogP) is 2.00. The van der Waals surface area contributed by atoms with Gasteiger partial charge in [0.15, 0.2) is 0 Å². The Balaban J connectivity index is 1.90. The number of benzene rings is 1. The number of nitrogens with two attached hydrogens (primary N) is 1. The summed E-state index contributed by atoms with van der Waals surface area (Å²) in [4.78, 5) is 12.5. The van der Waals surface area contributed by atoms with Crippen molar-refractivity contribution < 1.29 is 4.79 Å². The average Bonchev–Trinajstić information content (AvgIpc) is 2.96. The first-order chi connectivity index (χ1) is 9.66. The molecule has 1 amide bonds. The van der Waals surface area contributed by atoms with E-state index in [9.17, 15) is 4.79 Å². The van der Waals surface area contributed by atoms with E-state index in [0.29, 0.717) is 12.3 Å². The van der Waals surface area contributed by atoms with Gasteiger partial charge in [-0.3, -0.25) is 4.79 Å². The van der Waals surface area contributed by atoms with Gasteiger partial charge in [-0.15, -0.1) is 0 Å². The van der Waals surface area contributed by atoms with Crippen LogP contribution < -0.4 is 11.1 Å². The average molecular weight is 308 g/mol. The van der Waals surface area contributed by atoms with E-state index in [4.69, 9.17) is 18.0 Å². The Hall–Kier alpha value is -1.07. The Labute approximate surface area is 129 Å². The van der Waals surface area contributed by atoms with Gasteiger partial charge < -0.3 is 11.1 Å². The van der Waals surface area contributed by atoms with Crippen LogP contribution in [0, 0.1) is 11.8 Å². The minimum absolute atomic E-state index is 0.0433. The molecule has 1 aromatic carbocycles. The summed E-state index contributed by atoms with van der Waals surface area (Å²) >= 11 is 7.00. The second-order valence-corrected chi connectivity index (χ2v) is 6.74. The summed E-state index contributed by atoms with van der Waals surface area (Å²) in [7, 11) is 0. The van der Waals surface area contributed by atoms with E-state index in [1.54, 1.807) is 0 Å². The van der Waals surface area contributed by atoms with E-state index in [-0.39, 0.29) is 10.9 Å². The van der Waals surface area contributed by atoms with Crippen LogP contribution in [0.15, 0.2) is 30.3 Å². The molecule has 0 aliphatic carbocycles. The van der Waals surface area contributed by atoms with Crippen molar-refractivity contribution in [3.63, 3.8) is 0 Å². The Kier molecular flexibility index (Phi) is 5.86. The summed E-state index contributed by atoms with van der Waals surface area (Å²) in [5.74, 6) is 2.47. The molecule has 5 heteroatoms. The zero-order valence-corrected chi connectivity index (χ0v) is 13.0. The molecule has 3 N–H and O–H groups in total. The summed E-state index contributed by atoms with van der Waals surface area (Å²) in [6.45, 7) is 0.736. The van der Waals surface area contributed by atoms with Gasteiger partial charge in [-0.1, -0.05) is 42.5 Å². The van der Waals surface area contributed by atoms with Gasteiger partial charge in [-0.05, 0) is 35.8 Å². The Morgan fingerprint density at radius 1 is 1.45 bits per heavy atom. The van der Waals surface area contributed by atoms with Crippen LogP contribution in [0.4, 0.5) is 0 Å². The molecular formula is C15H20N2OS2. The molecule has 0 radical (unpaired) electrons. The number of rotatable bonds is 6. The van der Waals surface area contributed by atoms with Crippen LogP contribution >= 0.6 is 24.0 Å². The molecule has 0 aromatic heterocycles. The summed E-state index contributed by atoms with van der Waals surface area (Å²) in [5.41, 5.74) is 6.82. The molecule has 0 bridgehead atoms. The van der Waals surface area contributed by atoms with E-state index in [0.717, 1.165) is 17.9 Å². The molecule has 2 atom stereocenters. The van der Waals surface area contributed by atoms with Crippen molar-refractivity contribution in [1.29, 1.82) is 0 Å². The highest BCUT2D eigenvalue weighted by molar-refractivity contribution is 7.99. The molecule has 1 saturated heterocycles. The number of hydrogen-bond donors (Lipinski definition) is 2. The van der Waals surface area contributed by atoms with Crippen LogP contribution in [0.5, 0.6) is 0 Å². The number of thioether (sulfide) groups is 1. The first kappa shape index (κ1) is 15.3. The van der Waals surface area contributed by atoms with Crippen molar-refractivity contribution in [1.82, 2.24) is 5.32 Å². The molecule has 2 rings (SSSR count). The zero-order chi connectivity index (χ0) is 14.4. The van der Waals surface area contributed by atoms with Crippen LogP contribution in [-0.2, 0) is 11.2 Å². The second-order valence-electron chi connectivity index (χ2n) is 5.12. The molecule has 1 aromatic rings. The molecular weight excluding hydrogens is 288 g/mol. The maximum atomic E-state index is 12.3. The van der Waals surface area contributed by atoms with Crippen molar-refractivity contribution in [2.45, 2.75) is 12.8 Å². The van der Waals surface area contributed by atoms with Crippen LogP contribution in [-0.4, -0.2) is 28.9 Å². The lowest BCUT2D eigenvalue weighted by atomic mass is 9.98. The molecule has 0 saturated carbocycles. The summed E-state index contributed by atoms with van der Waals surface area (Å²) < 4.78 is 0. The van der Waals surface area contributed by atoms with Gasteiger partial charge >= 0.3 is 0 Å². The quantitative estimate of drug-likeness (QED) is 0.789. The standard InChI is InChI=1S/C15H20N2OS2/c16-14(19)13(8-11-4-2-1-3-5-11)15(18)17-9-12-6-7-20-10-12/h1-5,12-13H,6-10H2,(H2,16,19)(H,17,18). The van der Waals surface area contributed by atoms with Gasteiger partial charge in [0.2, 0.25) is 5.91 Å². The number of carbonyl (C=O) groups excluding carboxylic acids is 1. The lowest BCUT2D eigenvalue weighted by molar-refractivity contribution is -0.123. The van der Waals surface area contributed by atoms with Crippen molar-refractivity contribution in [3.05, 3.63) is 35.9 Å². The lowest BCUT2D eigenvalue weighted by Crippen LogP contribution is -2.41. The predicted molar refractivity (Wildman–Crippen MR) is 88.9 cm³/mol. The van der Waals surface area contributed by atoms with Gasteiger partial charge in [0.1, 0.15) is 0 Å². The summed E-state index contributed by atoms with van der Waals surface area (Å²) in [6.07, 6.45) is 1.75. The maximum absolute atomic E-state index is 12.3. The number of nitrogens with one attached hydrogen (secondary N) is 1. The Morgan fingerprint density at radius 3 is 2.80 bits per heavy atom. The second kappa shape index (κ2) is 7.64. The lowest BCUT2D eigenvalue weighted by Gasteiger charge is -2.17. The number of thiocarbonyl (C=S) groups is 1. The fourth-order valence-corrected chi connectivity index (χ4v) is 3.76. The van der Waals surface area contributed by atoms with Crippen LogP contribution in [0.3, 0.4) is 0 Å². The van der Waals surface area contributed by atoms with Crippen molar-refractivity contribution in [2.24, 2.45) is 17.6 Å². The third-order valence-electron chi connectivity index (χ3n) is 3.53. The van der Waals surface area contributed by atoms with Crippen LogP contribution in [0.2, 0.25) is 0 Å². The smallest absolute Gasteiger partial charge is 0.230 e. The number of carbonyl (C=O) groups is 1. The van der Waals surface area contributed by atoms with E-state index in [1.165, 1.54) is 12.2 Å². The first-order valence-corrected chi connectivity index (χ1v) is 8.42. The third-order valence-corrected chi connectivity index (χ3v) is 5.05. The molecule has 1 aliphatic heterocycles. The fraction of sp³-hybridized carbons (Fsp3) is 0.467. The van der Waals surface area contributed by atoms with E-state index in [1.807, 2.05) is 42.1 Å². The number of amides is 1. The minimum Gasteiger partial charge on any atom is -0.393 e. The van der Waals surface area contributed by atoms with E-state index >= 15 is 0 Å². The van der Waals surface area contributed by atoms with Crippen LogP contribution in [0.25, 0.3) is 0 Å². The Morgan fingerprint density at radius 2 is 2.20 bits per heavy atom. The highest BCUT2D eigenvalue weighted by Crippen LogP contribution is 2.22. The molecule has 2 unspecified atom stereocenters. The summed E-state index contributed by atoms with van der Waals surface area (Å²) in [6, 6.07) is 9.86. The minimum atomic E-state index is -0.415. The molecule has 3 nitrogen and oxygen atoms in total. The van der Waals surface area contributed by atoms with Gasteiger partial charge in [-0.2, -0.15) is 11.8 Å². The van der Waals surface area contributed by atoms with Crippen molar-refractivity contribution in [3.8, 4) is 0 Å². The van der Waals surface area contributed by atoms with Crippen molar-refractivity contribution in [2.75, 3.05) is 18.1 Å². The number of hydrogen-bond acceptors (Lipinski definition) is 3. The molecule has 1 heterocycles. The zero-order valence-electron chi connectivity index (χ0n) is 11.4. The highest BCUT2D eigenvalue weighted by atomic mass is 32.2. The normalized spacial score (nSPS) is 19.5. The van der Waals surface area contributed by atoms with Gasteiger partial charge in [-0.25, -0.2) is 0 Å². The molecule has 108 valence electrons. The SMILES string of the molecule is NC(=S)C(Cc1ccccc1)C(=O)NCC1CCSC1. The largest absolute Gasteiger partial charge is 0.393 e. The molecule has 0 spiro atoms. The first-order valence-electron chi connectivity index (χ1n) is 6.85. The van der Waals surface area contributed by atoms with Crippen molar-refractivity contribution >= 4 is 34.9 Å². The maximum Gasteiger partial charge on any atom is 0.230 e. The van der Waals surface area contributed by atoms with E-state index in [2.05, 4.69) is 5.32 Å². The topological polar surface area (TPSA) is 55.1 Å². The van der Waals surface area contributed by atoms with Gasteiger partial charge in [0, 0.05) is 6.54 Å². The molecule has 1 aliphatic rings. The molecule has 20 heavy (non-hydrogen) atoms. The van der Waals surface area contributed by atoms with Crippen LogP contribution in [0.1, 0.15) is 12.0 Å².